The minimum Gasteiger partial charge on any atom is -0.391 e. The summed E-state index contributed by atoms with van der Waals surface area (Å²) >= 11 is 0. The average Bonchev–Trinajstić information content (AvgIpc) is 2.80. The largest absolute Gasteiger partial charge is 0.391 e. The maximum atomic E-state index is 12.6. The van der Waals surface area contributed by atoms with E-state index < -0.39 is 0 Å². The first kappa shape index (κ1) is 18.4. The van der Waals surface area contributed by atoms with Crippen LogP contribution in [0.5, 0.6) is 0 Å². The molecular formula is C18H30N4O3. The van der Waals surface area contributed by atoms with E-state index in [1.807, 2.05) is 25.1 Å². The highest BCUT2D eigenvalue weighted by Gasteiger charge is 2.31. The van der Waals surface area contributed by atoms with Crippen LogP contribution in [-0.2, 0) is 23.0 Å². The number of amides is 1. The molecule has 3 rings (SSSR count). The number of likely N-dealkylation sites (tertiary alicyclic amines) is 1. The number of carbonyl (C=O) groups excluding carboxylic acids is 1. The second kappa shape index (κ2) is 8.29. The molecule has 140 valence electrons. The van der Waals surface area contributed by atoms with Crippen molar-refractivity contribution in [3.05, 3.63) is 17.5 Å². The van der Waals surface area contributed by atoms with Crippen molar-refractivity contribution in [2.45, 2.75) is 44.8 Å². The van der Waals surface area contributed by atoms with Crippen LogP contribution in [0.4, 0.5) is 0 Å². The zero-order valence-corrected chi connectivity index (χ0v) is 15.4. The van der Waals surface area contributed by atoms with Gasteiger partial charge >= 0.3 is 0 Å². The number of aliphatic hydroxyl groups excluding tert-OH is 1. The number of ether oxygens (including phenoxy) is 1. The molecule has 2 aliphatic rings. The lowest BCUT2D eigenvalue weighted by Crippen LogP contribution is -2.49. The van der Waals surface area contributed by atoms with Crippen LogP contribution in [0.3, 0.4) is 0 Å². The van der Waals surface area contributed by atoms with Crippen molar-refractivity contribution in [1.29, 1.82) is 0 Å². The van der Waals surface area contributed by atoms with E-state index in [1.54, 1.807) is 4.68 Å². The second-order valence-corrected chi connectivity index (χ2v) is 7.15. The third kappa shape index (κ3) is 4.59. The maximum Gasteiger partial charge on any atom is 0.222 e. The smallest absolute Gasteiger partial charge is 0.222 e. The quantitative estimate of drug-likeness (QED) is 0.848. The highest BCUT2D eigenvalue weighted by molar-refractivity contribution is 5.76. The van der Waals surface area contributed by atoms with E-state index in [4.69, 9.17) is 4.74 Å². The molecule has 3 heterocycles. The Balaban J connectivity index is 1.52. The molecule has 7 heteroatoms. The summed E-state index contributed by atoms with van der Waals surface area (Å²) in [6, 6.07) is 0.141. The van der Waals surface area contributed by atoms with Gasteiger partial charge < -0.3 is 14.7 Å². The Kier molecular flexibility index (Phi) is 6.09. The van der Waals surface area contributed by atoms with Gasteiger partial charge in [-0.05, 0) is 31.7 Å². The highest BCUT2D eigenvalue weighted by atomic mass is 16.5. The number of aryl methyl sites for hydroxylation is 3. The van der Waals surface area contributed by atoms with Gasteiger partial charge in [-0.3, -0.25) is 14.4 Å². The topological polar surface area (TPSA) is 70.8 Å². The van der Waals surface area contributed by atoms with Gasteiger partial charge in [0.2, 0.25) is 5.91 Å². The molecule has 2 atom stereocenters. The molecule has 0 saturated carbocycles. The number of hydrogen-bond acceptors (Lipinski definition) is 5. The number of aromatic nitrogens is 2. The Bertz CT molecular complexity index is 583. The van der Waals surface area contributed by atoms with Crippen molar-refractivity contribution in [2.75, 3.05) is 39.4 Å². The molecule has 0 unspecified atom stereocenters. The van der Waals surface area contributed by atoms with Crippen LogP contribution in [0.25, 0.3) is 0 Å². The molecule has 7 nitrogen and oxygen atoms in total. The standard InChI is InChI=1S/C18H30N4O3/c1-14-15(13-20(2)19-14)3-4-18(24)22-7-5-16(17(23)6-8-22)21-9-11-25-12-10-21/h13,16-17,23H,3-12H2,1-2H3/t16-,17-/m0/s1. The zero-order valence-electron chi connectivity index (χ0n) is 15.4. The Morgan fingerprint density at radius 2 is 2.00 bits per heavy atom. The highest BCUT2D eigenvalue weighted by Crippen LogP contribution is 2.20. The average molecular weight is 350 g/mol. The van der Waals surface area contributed by atoms with E-state index >= 15 is 0 Å². The summed E-state index contributed by atoms with van der Waals surface area (Å²) in [5.41, 5.74) is 2.13. The van der Waals surface area contributed by atoms with Crippen molar-refractivity contribution < 1.29 is 14.6 Å². The summed E-state index contributed by atoms with van der Waals surface area (Å²) in [6.07, 6.45) is 4.34. The molecule has 1 N–H and O–H groups in total. The lowest BCUT2D eigenvalue weighted by molar-refractivity contribution is -0.131. The van der Waals surface area contributed by atoms with Crippen molar-refractivity contribution in [3.8, 4) is 0 Å². The first-order valence-electron chi connectivity index (χ1n) is 9.31. The fourth-order valence-corrected chi connectivity index (χ4v) is 3.95. The molecule has 0 aromatic carbocycles. The first-order valence-corrected chi connectivity index (χ1v) is 9.31. The van der Waals surface area contributed by atoms with E-state index in [0.717, 1.165) is 56.9 Å². The number of nitrogens with zero attached hydrogens (tertiary/aromatic N) is 4. The zero-order chi connectivity index (χ0) is 17.8. The molecule has 1 aromatic heterocycles. The predicted octanol–water partition coefficient (Wildman–Crippen LogP) is 0.345. The van der Waals surface area contributed by atoms with E-state index in [0.29, 0.717) is 19.4 Å². The molecule has 0 bridgehead atoms. The third-order valence-corrected chi connectivity index (χ3v) is 5.42. The fourth-order valence-electron chi connectivity index (χ4n) is 3.95. The Morgan fingerprint density at radius 3 is 2.68 bits per heavy atom. The minimum atomic E-state index is -0.364. The van der Waals surface area contributed by atoms with Crippen molar-refractivity contribution >= 4 is 5.91 Å². The van der Waals surface area contributed by atoms with Crippen molar-refractivity contribution in [3.63, 3.8) is 0 Å². The van der Waals surface area contributed by atoms with E-state index in [9.17, 15) is 9.90 Å². The predicted molar refractivity (Wildman–Crippen MR) is 94.3 cm³/mol. The first-order chi connectivity index (χ1) is 12.0. The molecule has 2 fully saturated rings. The lowest BCUT2D eigenvalue weighted by Gasteiger charge is -2.36. The van der Waals surface area contributed by atoms with Gasteiger partial charge in [-0.15, -0.1) is 0 Å². The summed E-state index contributed by atoms with van der Waals surface area (Å²) in [5, 5.41) is 14.8. The normalized spacial score (nSPS) is 25.8. The number of aliphatic hydroxyl groups is 1. The van der Waals surface area contributed by atoms with Gasteiger partial charge in [0.05, 0.1) is 25.0 Å². The van der Waals surface area contributed by atoms with Crippen LogP contribution in [0.15, 0.2) is 6.20 Å². The lowest BCUT2D eigenvalue weighted by atomic mass is 10.0. The summed E-state index contributed by atoms with van der Waals surface area (Å²) < 4.78 is 7.20. The molecule has 25 heavy (non-hydrogen) atoms. The van der Waals surface area contributed by atoms with Crippen molar-refractivity contribution in [1.82, 2.24) is 19.6 Å². The SMILES string of the molecule is Cc1nn(C)cc1CCC(=O)N1CC[C@H](O)[C@@H](N2CCOCC2)CC1. The van der Waals surface area contributed by atoms with Crippen LogP contribution in [-0.4, -0.2) is 82.1 Å². The van der Waals surface area contributed by atoms with E-state index in [2.05, 4.69) is 10.00 Å². The molecule has 0 radical (unpaired) electrons. The maximum absolute atomic E-state index is 12.6. The Labute approximate surface area is 149 Å². The second-order valence-electron chi connectivity index (χ2n) is 7.15. The monoisotopic (exact) mass is 350 g/mol. The molecular weight excluding hydrogens is 320 g/mol. The Hall–Kier alpha value is -1.44. The summed E-state index contributed by atoms with van der Waals surface area (Å²) in [6.45, 7) is 6.56. The van der Waals surface area contributed by atoms with Crippen LogP contribution < -0.4 is 0 Å². The van der Waals surface area contributed by atoms with Crippen molar-refractivity contribution in [2.24, 2.45) is 7.05 Å². The van der Waals surface area contributed by atoms with Gasteiger partial charge in [-0.2, -0.15) is 5.10 Å². The van der Waals surface area contributed by atoms with Gasteiger partial charge in [0.1, 0.15) is 0 Å². The third-order valence-electron chi connectivity index (χ3n) is 5.42. The summed E-state index contributed by atoms with van der Waals surface area (Å²) in [4.78, 5) is 16.9. The Morgan fingerprint density at radius 1 is 1.28 bits per heavy atom. The van der Waals surface area contributed by atoms with Crippen LogP contribution in [0, 0.1) is 6.92 Å². The van der Waals surface area contributed by atoms with Gasteiger partial charge in [-0.25, -0.2) is 0 Å². The molecule has 1 amide bonds. The molecule has 2 saturated heterocycles. The molecule has 1 aromatic rings. The fraction of sp³-hybridized carbons (Fsp3) is 0.778. The molecule has 0 aliphatic carbocycles. The van der Waals surface area contributed by atoms with E-state index in [1.165, 1.54) is 0 Å². The van der Waals surface area contributed by atoms with Gasteiger partial charge in [0.15, 0.2) is 0 Å². The molecule has 2 aliphatic heterocycles. The number of rotatable bonds is 4. The number of carbonyl (C=O) groups is 1. The van der Waals surface area contributed by atoms with Gasteiger partial charge in [-0.1, -0.05) is 0 Å². The number of hydrogen-bond donors (Lipinski definition) is 1. The van der Waals surface area contributed by atoms with Crippen LogP contribution >= 0.6 is 0 Å². The summed E-state index contributed by atoms with van der Waals surface area (Å²) in [5.74, 6) is 0.179. The van der Waals surface area contributed by atoms with Gasteiger partial charge in [0, 0.05) is 51.9 Å². The van der Waals surface area contributed by atoms with Crippen LogP contribution in [0.1, 0.15) is 30.5 Å². The summed E-state index contributed by atoms with van der Waals surface area (Å²) in [7, 11) is 1.90. The van der Waals surface area contributed by atoms with Crippen LogP contribution in [0.2, 0.25) is 0 Å². The van der Waals surface area contributed by atoms with E-state index in [-0.39, 0.29) is 18.1 Å². The molecule has 0 spiro atoms. The minimum absolute atomic E-state index is 0.141. The number of morpholine rings is 1. The van der Waals surface area contributed by atoms with Gasteiger partial charge in [0.25, 0.3) is 0 Å².